The van der Waals surface area contributed by atoms with Crippen molar-refractivity contribution in [2.45, 2.75) is 18.4 Å². The molecule has 4 nitrogen and oxygen atoms in total. The summed E-state index contributed by atoms with van der Waals surface area (Å²) in [7, 11) is 0. The van der Waals surface area contributed by atoms with Crippen LogP contribution in [0.3, 0.4) is 0 Å². The largest absolute Gasteiger partial charge is 0.330 e. The van der Waals surface area contributed by atoms with Gasteiger partial charge in [0.1, 0.15) is 0 Å². The molecular formula is C20H20N4. The summed E-state index contributed by atoms with van der Waals surface area (Å²) in [5, 5.41) is 6.49. The van der Waals surface area contributed by atoms with Gasteiger partial charge in [0.15, 0.2) is 0 Å². The molecular weight excluding hydrogens is 296 g/mol. The standard InChI is InChI=1S/C20H20N4/c1-20(23-24-22,18-9-3-2-4-10-18)19(14-21)17-12-11-15-7-5-6-8-16(15)13-17/h2-13,19H,14,21H2,1H3. The van der Waals surface area contributed by atoms with Gasteiger partial charge >= 0.3 is 0 Å². The van der Waals surface area contributed by atoms with Crippen LogP contribution in [0, 0.1) is 0 Å². The second kappa shape index (κ2) is 6.75. The molecule has 4 heteroatoms. The van der Waals surface area contributed by atoms with Crippen LogP contribution in [-0.2, 0) is 5.54 Å². The van der Waals surface area contributed by atoms with Crippen LogP contribution in [0.5, 0.6) is 0 Å². The van der Waals surface area contributed by atoms with Crippen LogP contribution in [0.1, 0.15) is 24.0 Å². The molecule has 0 heterocycles. The second-order valence-corrected chi connectivity index (χ2v) is 6.10. The maximum absolute atomic E-state index is 9.14. The van der Waals surface area contributed by atoms with Crippen molar-refractivity contribution in [1.29, 1.82) is 0 Å². The number of rotatable bonds is 5. The fourth-order valence-electron chi connectivity index (χ4n) is 3.31. The second-order valence-electron chi connectivity index (χ2n) is 6.10. The quantitative estimate of drug-likeness (QED) is 0.396. The summed E-state index contributed by atoms with van der Waals surface area (Å²) in [6.45, 7) is 2.34. The highest BCUT2D eigenvalue weighted by Crippen LogP contribution is 2.40. The molecule has 0 saturated carbocycles. The molecule has 0 amide bonds. The molecule has 0 fully saturated rings. The molecule has 3 aromatic rings. The summed E-state index contributed by atoms with van der Waals surface area (Å²) < 4.78 is 0. The smallest absolute Gasteiger partial charge is 0.0790 e. The highest BCUT2D eigenvalue weighted by atomic mass is 15.2. The van der Waals surface area contributed by atoms with Gasteiger partial charge in [-0.05, 0) is 34.4 Å². The number of hydrogen-bond acceptors (Lipinski definition) is 2. The van der Waals surface area contributed by atoms with Gasteiger partial charge in [-0.1, -0.05) is 77.9 Å². The van der Waals surface area contributed by atoms with Crippen molar-refractivity contribution in [2.75, 3.05) is 6.54 Å². The minimum atomic E-state index is -0.743. The first-order valence-electron chi connectivity index (χ1n) is 7.99. The van der Waals surface area contributed by atoms with E-state index in [1.807, 2.05) is 49.4 Å². The van der Waals surface area contributed by atoms with Crippen molar-refractivity contribution < 1.29 is 0 Å². The van der Waals surface area contributed by atoms with Crippen LogP contribution < -0.4 is 5.73 Å². The lowest BCUT2D eigenvalue weighted by atomic mass is 9.76. The SMILES string of the molecule is CC(N=[N+]=[N-])(c1ccccc1)C(CN)c1ccc2ccccc2c1. The lowest BCUT2D eigenvalue weighted by Crippen LogP contribution is -2.33. The number of fused-ring (bicyclic) bond motifs is 1. The molecule has 0 spiro atoms. The lowest BCUT2D eigenvalue weighted by molar-refractivity contribution is 0.393. The topological polar surface area (TPSA) is 74.8 Å². The van der Waals surface area contributed by atoms with Gasteiger partial charge in [0, 0.05) is 17.4 Å². The van der Waals surface area contributed by atoms with Crippen LogP contribution >= 0.6 is 0 Å². The Hall–Kier alpha value is -2.81. The normalized spacial score (nSPS) is 14.6. The molecule has 0 aromatic heterocycles. The summed E-state index contributed by atoms with van der Waals surface area (Å²) in [4.78, 5) is 3.11. The number of hydrogen-bond donors (Lipinski definition) is 1. The van der Waals surface area contributed by atoms with Gasteiger partial charge in [0.05, 0.1) is 5.54 Å². The maximum atomic E-state index is 9.14. The summed E-state index contributed by atoms with van der Waals surface area (Å²) in [5.74, 6) is -0.111. The minimum absolute atomic E-state index is 0.111. The van der Waals surface area contributed by atoms with E-state index in [0.717, 1.165) is 16.5 Å². The number of nitrogens with zero attached hydrogens (tertiary/aromatic N) is 3. The highest BCUT2D eigenvalue weighted by molar-refractivity contribution is 5.83. The van der Waals surface area contributed by atoms with E-state index in [1.54, 1.807) is 0 Å². The number of azide groups is 1. The Morgan fingerprint density at radius 1 is 1.00 bits per heavy atom. The van der Waals surface area contributed by atoms with Crippen molar-refractivity contribution in [3.8, 4) is 0 Å². The Morgan fingerprint density at radius 3 is 2.33 bits per heavy atom. The van der Waals surface area contributed by atoms with Crippen LogP contribution in [0.4, 0.5) is 0 Å². The molecule has 0 aliphatic heterocycles. The maximum Gasteiger partial charge on any atom is 0.0790 e. The van der Waals surface area contributed by atoms with E-state index in [0.29, 0.717) is 6.54 Å². The summed E-state index contributed by atoms with van der Waals surface area (Å²) in [6.07, 6.45) is 0. The fraction of sp³-hybridized carbons (Fsp3) is 0.200. The summed E-state index contributed by atoms with van der Waals surface area (Å²) in [6, 6.07) is 24.3. The Labute approximate surface area is 141 Å². The fourth-order valence-corrected chi connectivity index (χ4v) is 3.31. The van der Waals surface area contributed by atoms with Crippen LogP contribution in [0.25, 0.3) is 21.2 Å². The molecule has 0 bridgehead atoms. The van der Waals surface area contributed by atoms with Crippen LogP contribution in [-0.4, -0.2) is 6.54 Å². The Morgan fingerprint density at radius 2 is 1.67 bits per heavy atom. The Balaban J connectivity index is 2.14. The molecule has 0 saturated heterocycles. The zero-order valence-corrected chi connectivity index (χ0v) is 13.6. The van der Waals surface area contributed by atoms with Gasteiger partial charge in [-0.2, -0.15) is 0 Å². The van der Waals surface area contributed by atoms with E-state index < -0.39 is 5.54 Å². The Bertz CT molecular complexity index is 884. The van der Waals surface area contributed by atoms with Crippen molar-refractivity contribution >= 4 is 10.8 Å². The van der Waals surface area contributed by atoms with Gasteiger partial charge in [-0.25, -0.2) is 0 Å². The third-order valence-corrected chi connectivity index (χ3v) is 4.70. The van der Waals surface area contributed by atoms with E-state index in [9.17, 15) is 0 Å². The first kappa shape index (κ1) is 16.1. The molecule has 3 rings (SSSR count). The van der Waals surface area contributed by atoms with E-state index in [1.165, 1.54) is 5.39 Å². The molecule has 24 heavy (non-hydrogen) atoms. The summed E-state index contributed by atoms with van der Waals surface area (Å²) in [5.41, 5.74) is 16.6. The van der Waals surface area contributed by atoms with Gasteiger partial charge in [0.2, 0.25) is 0 Å². The molecule has 3 aromatic carbocycles. The molecule has 0 radical (unpaired) electrons. The Kier molecular flexibility index (Phi) is 4.52. The first-order valence-corrected chi connectivity index (χ1v) is 7.99. The molecule has 2 unspecified atom stereocenters. The van der Waals surface area contributed by atoms with Crippen molar-refractivity contribution in [3.63, 3.8) is 0 Å². The summed E-state index contributed by atoms with van der Waals surface area (Å²) >= 11 is 0. The third kappa shape index (κ3) is 2.85. The van der Waals surface area contributed by atoms with Gasteiger partial charge in [-0.15, -0.1) is 0 Å². The van der Waals surface area contributed by atoms with Gasteiger partial charge in [-0.3, -0.25) is 0 Å². The van der Waals surface area contributed by atoms with Gasteiger partial charge < -0.3 is 5.73 Å². The average molecular weight is 316 g/mol. The average Bonchev–Trinajstić information content (AvgIpc) is 2.63. The molecule has 2 N–H and O–H groups in total. The van der Waals surface area contributed by atoms with E-state index in [-0.39, 0.29) is 5.92 Å². The van der Waals surface area contributed by atoms with E-state index >= 15 is 0 Å². The monoisotopic (exact) mass is 316 g/mol. The highest BCUT2D eigenvalue weighted by Gasteiger charge is 2.35. The lowest BCUT2D eigenvalue weighted by Gasteiger charge is -2.34. The van der Waals surface area contributed by atoms with Gasteiger partial charge in [0.25, 0.3) is 0 Å². The molecule has 2 atom stereocenters. The third-order valence-electron chi connectivity index (χ3n) is 4.70. The predicted octanol–water partition coefficient (Wildman–Crippen LogP) is 5.11. The van der Waals surface area contributed by atoms with Crippen molar-refractivity contribution in [3.05, 3.63) is 94.4 Å². The molecule has 0 aliphatic carbocycles. The minimum Gasteiger partial charge on any atom is -0.330 e. The number of benzene rings is 3. The van der Waals surface area contributed by atoms with Crippen molar-refractivity contribution in [2.24, 2.45) is 10.8 Å². The van der Waals surface area contributed by atoms with E-state index in [4.69, 9.17) is 11.3 Å². The van der Waals surface area contributed by atoms with Crippen molar-refractivity contribution in [1.82, 2.24) is 0 Å². The molecule has 120 valence electrons. The number of nitrogens with two attached hydrogens (primary N) is 1. The zero-order chi connectivity index (χ0) is 17.0. The predicted molar refractivity (Wildman–Crippen MR) is 98.7 cm³/mol. The zero-order valence-electron chi connectivity index (χ0n) is 13.6. The molecule has 0 aliphatic rings. The van der Waals surface area contributed by atoms with Crippen LogP contribution in [0.15, 0.2) is 77.9 Å². The van der Waals surface area contributed by atoms with Crippen LogP contribution in [0.2, 0.25) is 0 Å². The van der Waals surface area contributed by atoms with E-state index in [2.05, 4.69) is 40.4 Å². The first-order chi connectivity index (χ1) is 11.7.